The summed E-state index contributed by atoms with van der Waals surface area (Å²) >= 11 is 0. The summed E-state index contributed by atoms with van der Waals surface area (Å²) < 4.78 is 0. The second-order valence-corrected chi connectivity index (χ2v) is 5.25. The van der Waals surface area contributed by atoms with Gasteiger partial charge in [0.15, 0.2) is 0 Å². The van der Waals surface area contributed by atoms with E-state index in [-0.39, 0.29) is 16.7 Å². The number of hydrogen-bond donors (Lipinski definition) is 1. The molecule has 1 saturated carbocycles. The molecule has 0 amide bonds. The van der Waals surface area contributed by atoms with Crippen LogP contribution in [0.3, 0.4) is 0 Å². The average Bonchev–Trinajstić information content (AvgIpc) is 2.24. The molecule has 1 rings (SSSR count). The zero-order valence-corrected chi connectivity index (χ0v) is 10.3. The Kier molecular flexibility index (Phi) is 4.16. The van der Waals surface area contributed by atoms with Crippen molar-refractivity contribution in [3.8, 4) is 0 Å². The van der Waals surface area contributed by atoms with Crippen LogP contribution in [0.5, 0.6) is 0 Å². The molecule has 0 aromatic carbocycles. The SMILES string of the molecule is CC.CC1(C)CCC(C)(C)C1C(=O)O. The third-order valence-corrected chi connectivity index (χ3v) is 3.22. The van der Waals surface area contributed by atoms with E-state index in [1.807, 2.05) is 13.8 Å². The van der Waals surface area contributed by atoms with Crippen LogP contribution in [0.1, 0.15) is 54.4 Å². The molecule has 0 spiro atoms. The van der Waals surface area contributed by atoms with E-state index in [4.69, 9.17) is 5.11 Å². The monoisotopic (exact) mass is 200 g/mol. The van der Waals surface area contributed by atoms with Crippen LogP contribution in [-0.2, 0) is 4.79 Å². The molecule has 2 nitrogen and oxygen atoms in total. The van der Waals surface area contributed by atoms with Gasteiger partial charge in [0.2, 0.25) is 0 Å². The van der Waals surface area contributed by atoms with Gasteiger partial charge in [-0.05, 0) is 23.7 Å². The van der Waals surface area contributed by atoms with E-state index in [1.54, 1.807) is 0 Å². The molecule has 0 radical (unpaired) electrons. The lowest BCUT2D eigenvalue weighted by Crippen LogP contribution is -2.34. The maximum Gasteiger partial charge on any atom is 0.307 e. The van der Waals surface area contributed by atoms with E-state index >= 15 is 0 Å². The highest BCUT2D eigenvalue weighted by Crippen LogP contribution is 2.53. The van der Waals surface area contributed by atoms with E-state index in [9.17, 15) is 4.79 Å². The summed E-state index contributed by atoms with van der Waals surface area (Å²) in [6.45, 7) is 12.2. The van der Waals surface area contributed by atoms with E-state index in [2.05, 4.69) is 27.7 Å². The Morgan fingerprint density at radius 1 is 1.07 bits per heavy atom. The lowest BCUT2D eigenvalue weighted by Gasteiger charge is -2.31. The van der Waals surface area contributed by atoms with Crippen LogP contribution in [0.15, 0.2) is 0 Å². The smallest absolute Gasteiger partial charge is 0.307 e. The predicted molar refractivity (Wildman–Crippen MR) is 59.3 cm³/mol. The normalized spacial score (nSPS) is 23.9. The number of carboxylic acid groups (broad SMARTS) is 1. The number of aliphatic carboxylic acids is 1. The molecule has 84 valence electrons. The number of hydrogen-bond acceptors (Lipinski definition) is 1. The molecule has 1 fully saturated rings. The van der Waals surface area contributed by atoms with E-state index < -0.39 is 5.97 Å². The summed E-state index contributed by atoms with van der Waals surface area (Å²) in [6, 6.07) is 0. The standard InChI is InChI=1S/C10H18O2.C2H6/c1-9(2)5-6-10(3,4)7(9)8(11)12;1-2/h7H,5-6H2,1-4H3,(H,11,12);1-2H3. The maximum atomic E-state index is 11.0. The zero-order valence-electron chi connectivity index (χ0n) is 10.3. The molecule has 0 saturated heterocycles. The molecule has 0 aromatic heterocycles. The Morgan fingerprint density at radius 2 is 1.36 bits per heavy atom. The Bertz CT molecular complexity index is 188. The summed E-state index contributed by atoms with van der Waals surface area (Å²) in [5.41, 5.74) is -0.0648. The van der Waals surface area contributed by atoms with Crippen LogP contribution >= 0.6 is 0 Å². The lowest BCUT2D eigenvalue weighted by molar-refractivity contribution is -0.148. The van der Waals surface area contributed by atoms with Crippen molar-refractivity contribution in [2.24, 2.45) is 16.7 Å². The summed E-state index contributed by atoms with van der Waals surface area (Å²) in [7, 11) is 0. The Labute approximate surface area is 87.7 Å². The largest absolute Gasteiger partial charge is 0.481 e. The van der Waals surface area contributed by atoms with Gasteiger partial charge in [0.1, 0.15) is 0 Å². The molecule has 14 heavy (non-hydrogen) atoms. The first-order valence-electron chi connectivity index (χ1n) is 5.50. The highest BCUT2D eigenvalue weighted by atomic mass is 16.4. The Balaban J connectivity index is 0.000000791. The quantitative estimate of drug-likeness (QED) is 0.702. The second-order valence-electron chi connectivity index (χ2n) is 5.25. The number of rotatable bonds is 1. The summed E-state index contributed by atoms with van der Waals surface area (Å²) in [5.74, 6) is -0.826. The second kappa shape index (κ2) is 4.33. The van der Waals surface area contributed by atoms with Gasteiger partial charge in [-0.1, -0.05) is 41.5 Å². The van der Waals surface area contributed by atoms with Crippen LogP contribution in [0.4, 0.5) is 0 Å². The van der Waals surface area contributed by atoms with Crippen molar-refractivity contribution in [3.63, 3.8) is 0 Å². The van der Waals surface area contributed by atoms with Gasteiger partial charge in [0.25, 0.3) is 0 Å². The van der Waals surface area contributed by atoms with Gasteiger partial charge < -0.3 is 5.11 Å². The highest BCUT2D eigenvalue weighted by Gasteiger charge is 2.50. The summed E-state index contributed by atoms with van der Waals surface area (Å²) in [5, 5.41) is 9.08. The molecule has 1 aliphatic carbocycles. The van der Waals surface area contributed by atoms with E-state index in [0.717, 1.165) is 12.8 Å². The summed E-state index contributed by atoms with van der Waals surface area (Å²) in [4.78, 5) is 11.0. The zero-order chi connectivity index (χ0) is 11.6. The Morgan fingerprint density at radius 3 is 1.50 bits per heavy atom. The molecule has 2 heteroatoms. The van der Waals surface area contributed by atoms with Gasteiger partial charge >= 0.3 is 5.97 Å². The van der Waals surface area contributed by atoms with Crippen LogP contribution < -0.4 is 0 Å². The van der Waals surface area contributed by atoms with Crippen molar-refractivity contribution in [1.29, 1.82) is 0 Å². The van der Waals surface area contributed by atoms with Crippen LogP contribution in [0, 0.1) is 16.7 Å². The van der Waals surface area contributed by atoms with Crippen LogP contribution in [0.25, 0.3) is 0 Å². The lowest BCUT2D eigenvalue weighted by atomic mass is 9.72. The van der Waals surface area contributed by atoms with E-state index in [1.165, 1.54) is 0 Å². The third-order valence-electron chi connectivity index (χ3n) is 3.22. The van der Waals surface area contributed by atoms with Gasteiger partial charge in [-0.25, -0.2) is 0 Å². The predicted octanol–water partition coefficient (Wildman–Crippen LogP) is 3.56. The Hall–Kier alpha value is -0.530. The molecule has 1 aliphatic rings. The first-order valence-corrected chi connectivity index (χ1v) is 5.50. The van der Waals surface area contributed by atoms with Crippen molar-refractivity contribution in [3.05, 3.63) is 0 Å². The molecule has 0 atom stereocenters. The minimum absolute atomic E-state index is 0.0324. The maximum absolute atomic E-state index is 11.0. The minimum atomic E-state index is -0.637. The highest BCUT2D eigenvalue weighted by molar-refractivity contribution is 5.72. The average molecular weight is 200 g/mol. The molecule has 0 bridgehead atoms. The van der Waals surface area contributed by atoms with Crippen molar-refractivity contribution in [2.45, 2.75) is 54.4 Å². The third kappa shape index (κ3) is 2.49. The van der Waals surface area contributed by atoms with Crippen molar-refractivity contribution in [1.82, 2.24) is 0 Å². The molecular weight excluding hydrogens is 176 g/mol. The van der Waals surface area contributed by atoms with Crippen molar-refractivity contribution < 1.29 is 9.90 Å². The van der Waals surface area contributed by atoms with Crippen molar-refractivity contribution >= 4 is 5.97 Å². The molecule has 0 heterocycles. The fourth-order valence-electron chi connectivity index (χ4n) is 2.66. The molecular formula is C12H24O2. The summed E-state index contributed by atoms with van der Waals surface area (Å²) in [6.07, 6.45) is 2.05. The van der Waals surface area contributed by atoms with Gasteiger partial charge in [-0.3, -0.25) is 4.79 Å². The fraction of sp³-hybridized carbons (Fsp3) is 0.917. The topological polar surface area (TPSA) is 37.3 Å². The van der Waals surface area contributed by atoms with E-state index in [0.29, 0.717) is 0 Å². The first-order chi connectivity index (χ1) is 6.27. The molecule has 1 N–H and O–H groups in total. The fourth-order valence-corrected chi connectivity index (χ4v) is 2.66. The van der Waals surface area contributed by atoms with Crippen LogP contribution in [-0.4, -0.2) is 11.1 Å². The van der Waals surface area contributed by atoms with Gasteiger partial charge in [0, 0.05) is 0 Å². The number of carbonyl (C=O) groups is 1. The minimum Gasteiger partial charge on any atom is -0.481 e. The van der Waals surface area contributed by atoms with Crippen molar-refractivity contribution in [2.75, 3.05) is 0 Å². The molecule has 0 unspecified atom stereocenters. The molecule has 0 aromatic rings. The van der Waals surface area contributed by atoms with Gasteiger partial charge in [-0.15, -0.1) is 0 Å². The van der Waals surface area contributed by atoms with Crippen LogP contribution in [0.2, 0.25) is 0 Å². The molecule has 0 aliphatic heterocycles. The first kappa shape index (κ1) is 13.5. The van der Waals surface area contributed by atoms with Gasteiger partial charge in [-0.2, -0.15) is 0 Å². The van der Waals surface area contributed by atoms with Gasteiger partial charge in [0.05, 0.1) is 5.92 Å². The number of carboxylic acids is 1.